The molecule has 0 fully saturated rings. The van der Waals surface area contributed by atoms with E-state index in [2.05, 4.69) is 9.97 Å². The van der Waals surface area contributed by atoms with E-state index in [1.54, 1.807) is 0 Å². The van der Waals surface area contributed by atoms with E-state index in [1.807, 2.05) is 32.0 Å². The zero-order chi connectivity index (χ0) is 11.7. The van der Waals surface area contributed by atoms with E-state index in [9.17, 15) is 4.79 Å². The van der Waals surface area contributed by atoms with Gasteiger partial charge in [-0.05, 0) is 19.4 Å². The maximum Gasteiger partial charge on any atom is 0.252 e. The maximum atomic E-state index is 11.3. The fraction of sp³-hybridized carbons (Fsp3) is 0.167. The molecular formula is C12H13N3O. The highest BCUT2D eigenvalue weighted by atomic mass is 16.1. The Balaban J connectivity index is 2.63. The van der Waals surface area contributed by atoms with Gasteiger partial charge in [0.2, 0.25) is 5.95 Å². The Labute approximate surface area is 93.2 Å². The van der Waals surface area contributed by atoms with Crippen LogP contribution in [-0.4, -0.2) is 9.97 Å². The van der Waals surface area contributed by atoms with Crippen molar-refractivity contribution in [3.8, 4) is 11.3 Å². The number of nitrogens with zero attached hydrogens (tertiary/aromatic N) is 1. The van der Waals surface area contributed by atoms with Gasteiger partial charge < -0.3 is 5.73 Å². The molecule has 3 N–H and O–H groups in total. The molecule has 2 rings (SSSR count). The standard InChI is InChI=1S/C12H13N3O/c1-7-3-4-9(8(2)5-7)10-6-11(16)15-12(13)14-10/h3-6H,1-2H3,(H3,13,14,15,16). The van der Waals surface area contributed by atoms with Gasteiger partial charge in [-0.3, -0.25) is 9.78 Å². The topological polar surface area (TPSA) is 71.8 Å². The summed E-state index contributed by atoms with van der Waals surface area (Å²) in [5.41, 5.74) is 9.08. The summed E-state index contributed by atoms with van der Waals surface area (Å²) in [5.74, 6) is 0.141. The number of rotatable bonds is 1. The predicted molar refractivity (Wildman–Crippen MR) is 64.2 cm³/mol. The molecule has 0 spiro atoms. The lowest BCUT2D eigenvalue weighted by Gasteiger charge is -2.06. The molecule has 2 aromatic rings. The molecule has 0 bridgehead atoms. The Hall–Kier alpha value is -2.10. The van der Waals surface area contributed by atoms with Crippen LogP contribution in [0.25, 0.3) is 11.3 Å². The van der Waals surface area contributed by atoms with Gasteiger partial charge in [-0.2, -0.15) is 0 Å². The summed E-state index contributed by atoms with van der Waals surface area (Å²) in [7, 11) is 0. The minimum Gasteiger partial charge on any atom is -0.369 e. The second-order valence-corrected chi connectivity index (χ2v) is 3.83. The number of H-pyrrole nitrogens is 1. The number of aromatic nitrogens is 2. The van der Waals surface area contributed by atoms with Crippen molar-refractivity contribution in [3.05, 3.63) is 45.7 Å². The van der Waals surface area contributed by atoms with Crippen LogP contribution in [0.3, 0.4) is 0 Å². The first kappa shape index (κ1) is 10.4. The normalized spacial score (nSPS) is 10.4. The Morgan fingerprint density at radius 1 is 1.25 bits per heavy atom. The molecule has 0 aliphatic carbocycles. The molecule has 4 heteroatoms. The lowest BCUT2D eigenvalue weighted by atomic mass is 10.0. The van der Waals surface area contributed by atoms with Gasteiger partial charge >= 0.3 is 0 Å². The van der Waals surface area contributed by atoms with Crippen molar-refractivity contribution in [2.24, 2.45) is 0 Å². The minimum atomic E-state index is -0.234. The largest absolute Gasteiger partial charge is 0.369 e. The van der Waals surface area contributed by atoms with Crippen LogP contribution < -0.4 is 11.3 Å². The van der Waals surface area contributed by atoms with Gasteiger partial charge in [-0.1, -0.05) is 23.8 Å². The number of aryl methyl sites for hydroxylation is 2. The first-order valence-corrected chi connectivity index (χ1v) is 5.01. The summed E-state index contributed by atoms with van der Waals surface area (Å²) in [6.45, 7) is 4.01. The van der Waals surface area contributed by atoms with Crippen molar-refractivity contribution in [2.75, 3.05) is 5.73 Å². The Bertz CT molecular complexity index is 587. The Morgan fingerprint density at radius 3 is 2.62 bits per heavy atom. The van der Waals surface area contributed by atoms with Crippen LogP contribution in [0, 0.1) is 13.8 Å². The SMILES string of the molecule is Cc1ccc(-c2cc(=O)[nH]c(N)n2)c(C)c1. The van der Waals surface area contributed by atoms with Crippen molar-refractivity contribution in [2.45, 2.75) is 13.8 Å². The lowest BCUT2D eigenvalue weighted by Crippen LogP contribution is -2.10. The van der Waals surface area contributed by atoms with Gasteiger partial charge in [0, 0.05) is 11.6 Å². The van der Waals surface area contributed by atoms with Crippen molar-refractivity contribution >= 4 is 5.95 Å². The fourth-order valence-electron chi connectivity index (χ4n) is 1.72. The molecule has 0 saturated heterocycles. The highest BCUT2D eigenvalue weighted by Crippen LogP contribution is 2.21. The van der Waals surface area contributed by atoms with Gasteiger partial charge in [0.25, 0.3) is 5.56 Å². The summed E-state index contributed by atoms with van der Waals surface area (Å²) in [5, 5.41) is 0. The molecule has 82 valence electrons. The molecule has 0 radical (unpaired) electrons. The quantitative estimate of drug-likeness (QED) is 0.759. The minimum absolute atomic E-state index is 0.141. The Kier molecular flexibility index (Phi) is 2.48. The maximum absolute atomic E-state index is 11.3. The number of nitrogens with two attached hydrogens (primary N) is 1. The number of nitrogen functional groups attached to an aromatic ring is 1. The van der Waals surface area contributed by atoms with Crippen LogP contribution in [0.15, 0.2) is 29.1 Å². The van der Waals surface area contributed by atoms with E-state index in [0.717, 1.165) is 11.1 Å². The number of hydrogen-bond acceptors (Lipinski definition) is 3. The third-order valence-corrected chi connectivity index (χ3v) is 2.42. The molecule has 16 heavy (non-hydrogen) atoms. The van der Waals surface area contributed by atoms with Crippen LogP contribution in [0.5, 0.6) is 0 Å². The van der Waals surface area contributed by atoms with E-state index in [0.29, 0.717) is 5.69 Å². The van der Waals surface area contributed by atoms with Crippen LogP contribution >= 0.6 is 0 Å². The average molecular weight is 215 g/mol. The van der Waals surface area contributed by atoms with Crippen LogP contribution in [-0.2, 0) is 0 Å². The number of nitrogens with one attached hydrogen (secondary N) is 1. The van der Waals surface area contributed by atoms with E-state index < -0.39 is 0 Å². The molecule has 0 aliphatic rings. The summed E-state index contributed by atoms with van der Waals surface area (Å²) in [4.78, 5) is 17.8. The van der Waals surface area contributed by atoms with E-state index in [-0.39, 0.29) is 11.5 Å². The van der Waals surface area contributed by atoms with Gasteiger partial charge in [-0.15, -0.1) is 0 Å². The molecule has 0 amide bonds. The van der Waals surface area contributed by atoms with E-state index >= 15 is 0 Å². The first-order valence-electron chi connectivity index (χ1n) is 5.01. The fourth-order valence-corrected chi connectivity index (χ4v) is 1.72. The third-order valence-electron chi connectivity index (χ3n) is 2.42. The van der Waals surface area contributed by atoms with Crippen molar-refractivity contribution in [3.63, 3.8) is 0 Å². The molecule has 0 unspecified atom stereocenters. The summed E-state index contributed by atoms with van der Waals surface area (Å²) in [6, 6.07) is 7.44. The molecular weight excluding hydrogens is 202 g/mol. The molecule has 0 aliphatic heterocycles. The molecule has 1 aromatic carbocycles. The highest BCUT2D eigenvalue weighted by Gasteiger charge is 2.05. The smallest absolute Gasteiger partial charge is 0.252 e. The van der Waals surface area contributed by atoms with Gasteiger partial charge in [0.15, 0.2) is 0 Å². The monoisotopic (exact) mass is 215 g/mol. The van der Waals surface area contributed by atoms with Crippen molar-refractivity contribution in [1.29, 1.82) is 0 Å². The second-order valence-electron chi connectivity index (χ2n) is 3.83. The van der Waals surface area contributed by atoms with Crippen molar-refractivity contribution in [1.82, 2.24) is 9.97 Å². The number of benzene rings is 1. The molecule has 0 atom stereocenters. The summed E-state index contributed by atoms with van der Waals surface area (Å²) >= 11 is 0. The van der Waals surface area contributed by atoms with Gasteiger partial charge in [0.1, 0.15) is 0 Å². The van der Waals surface area contributed by atoms with Crippen molar-refractivity contribution < 1.29 is 0 Å². The number of hydrogen-bond donors (Lipinski definition) is 2. The molecule has 0 saturated carbocycles. The third kappa shape index (κ3) is 1.95. The predicted octanol–water partition coefficient (Wildman–Crippen LogP) is 1.64. The van der Waals surface area contributed by atoms with E-state index in [1.165, 1.54) is 11.6 Å². The summed E-state index contributed by atoms with van der Waals surface area (Å²) in [6.07, 6.45) is 0. The lowest BCUT2D eigenvalue weighted by molar-refractivity contribution is 1.14. The summed E-state index contributed by atoms with van der Waals surface area (Å²) < 4.78 is 0. The van der Waals surface area contributed by atoms with Crippen LogP contribution in [0.1, 0.15) is 11.1 Å². The van der Waals surface area contributed by atoms with Crippen LogP contribution in [0.4, 0.5) is 5.95 Å². The molecule has 1 heterocycles. The Morgan fingerprint density at radius 2 is 2.00 bits per heavy atom. The zero-order valence-electron chi connectivity index (χ0n) is 9.24. The molecule has 1 aromatic heterocycles. The molecule has 4 nitrogen and oxygen atoms in total. The van der Waals surface area contributed by atoms with Crippen LogP contribution in [0.2, 0.25) is 0 Å². The van der Waals surface area contributed by atoms with Gasteiger partial charge in [0.05, 0.1) is 5.69 Å². The zero-order valence-corrected chi connectivity index (χ0v) is 9.24. The number of aromatic amines is 1. The van der Waals surface area contributed by atoms with E-state index in [4.69, 9.17) is 5.73 Å². The first-order chi connectivity index (χ1) is 7.56. The second kappa shape index (κ2) is 3.81. The highest BCUT2D eigenvalue weighted by molar-refractivity contribution is 5.64. The number of anilines is 1. The average Bonchev–Trinajstić information content (AvgIpc) is 2.15. The van der Waals surface area contributed by atoms with Gasteiger partial charge in [-0.25, -0.2) is 4.98 Å².